The summed E-state index contributed by atoms with van der Waals surface area (Å²) in [7, 11) is 1.88. The van der Waals surface area contributed by atoms with Crippen LogP contribution in [0.1, 0.15) is 17.0 Å². The van der Waals surface area contributed by atoms with Crippen LogP contribution in [-0.4, -0.2) is 17.0 Å². The molecular weight excluding hydrogens is 265 g/mol. The van der Waals surface area contributed by atoms with Crippen molar-refractivity contribution in [3.8, 4) is 0 Å². The summed E-state index contributed by atoms with van der Waals surface area (Å²) >= 11 is 5.91. The van der Waals surface area contributed by atoms with E-state index in [2.05, 4.69) is 9.97 Å². The average molecular weight is 280 g/mol. The summed E-state index contributed by atoms with van der Waals surface area (Å²) in [5.74, 6) is 1.14. The van der Waals surface area contributed by atoms with Crippen LogP contribution in [-0.2, 0) is 6.54 Å². The fourth-order valence-electron chi connectivity index (χ4n) is 1.80. The number of aromatic nitrogens is 2. The van der Waals surface area contributed by atoms with E-state index in [0.29, 0.717) is 23.1 Å². The van der Waals surface area contributed by atoms with Crippen molar-refractivity contribution in [2.45, 2.75) is 20.4 Å². The molecule has 0 saturated carbocycles. The van der Waals surface area contributed by atoms with Crippen molar-refractivity contribution in [1.82, 2.24) is 9.97 Å². The first-order valence-corrected chi connectivity index (χ1v) is 6.31. The first kappa shape index (κ1) is 13.7. The maximum atomic E-state index is 13.5. The molecule has 3 nitrogen and oxygen atoms in total. The second-order valence-corrected chi connectivity index (χ2v) is 4.92. The van der Waals surface area contributed by atoms with Crippen molar-refractivity contribution in [3.05, 3.63) is 52.2 Å². The van der Waals surface area contributed by atoms with Crippen LogP contribution in [0.2, 0.25) is 5.15 Å². The fraction of sp³-hybridized carbons (Fsp3) is 0.286. The number of anilines is 1. The summed E-state index contributed by atoms with van der Waals surface area (Å²) in [5.41, 5.74) is 1.53. The highest BCUT2D eigenvalue weighted by Gasteiger charge is 2.07. The molecule has 0 amide bonds. The first-order valence-electron chi connectivity index (χ1n) is 5.93. The lowest BCUT2D eigenvalue weighted by molar-refractivity contribution is 0.615. The molecule has 0 fully saturated rings. The Hall–Kier alpha value is -1.68. The molecule has 5 heteroatoms. The largest absolute Gasteiger partial charge is 0.355 e. The monoisotopic (exact) mass is 279 g/mol. The van der Waals surface area contributed by atoms with E-state index >= 15 is 0 Å². The molecule has 0 unspecified atom stereocenters. The standard InChI is InChI=1S/C14H15ClFN3/c1-9-4-5-11(6-12(9)16)8-19(3)14-7-13(15)17-10(2)18-14/h4-7H,8H2,1-3H3. The Labute approximate surface area is 117 Å². The van der Waals surface area contributed by atoms with Gasteiger partial charge in [0, 0.05) is 19.7 Å². The average Bonchev–Trinajstić information content (AvgIpc) is 2.32. The van der Waals surface area contributed by atoms with Gasteiger partial charge >= 0.3 is 0 Å². The van der Waals surface area contributed by atoms with E-state index in [-0.39, 0.29) is 5.82 Å². The molecule has 0 spiro atoms. The molecule has 2 aromatic rings. The van der Waals surface area contributed by atoms with E-state index < -0.39 is 0 Å². The first-order chi connectivity index (χ1) is 8.95. The molecule has 0 aliphatic heterocycles. The Balaban J connectivity index is 2.20. The minimum absolute atomic E-state index is 0.192. The predicted molar refractivity (Wildman–Crippen MR) is 75.0 cm³/mol. The zero-order valence-corrected chi connectivity index (χ0v) is 11.9. The summed E-state index contributed by atoms with van der Waals surface area (Å²) in [5, 5.41) is 0.407. The highest BCUT2D eigenvalue weighted by molar-refractivity contribution is 6.29. The molecule has 0 N–H and O–H groups in total. The Morgan fingerprint density at radius 1 is 1.21 bits per heavy atom. The molecule has 1 aromatic carbocycles. The van der Waals surface area contributed by atoms with Crippen molar-refractivity contribution in [1.29, 1.82) is 0 Å². The van der Waals surface area contributed by atoms with Crippen molar-refractivity contribution in [2.24, 2.45) is 0 Å². The summed E-state index contributed by atoms with van der Waals surface area (Å²) in [6.45, 7) is 4.09. The van der Waals surface area contributed by atoms with Crippen LogP contribution < -0.4 is 4.90 Å². The van der Waals surface area contributed by atoms with Gasteiger partial charge in [-0.05, 0) is 31.0 Å². The zero-order chi connectivity index (χ0) is 14.0. The summed E-state index contributed by atoms with van der Waals surface area (Å²) in [4.78, 5) is 10.2. The molecule has 100 valence electrons. The molecule has 0 aliphatic rings. The molecule has 19 heavy (non-hydrogen) atoms. The Morgan fingerprint density at radius 3 is 2.58 bits per heavy atom. The van der Waals surface area contributed by atoms with E-state index in [0.717, 1.165) is 11.4 Å². The van der Waals surface area contributed by atoms with Gasteiger partial charge in [-0.2, -0.15) is 0 Å². The minimum atomic E-state index is -0.192. The molecule has 0 aliphatic carbocycles. The van der Waals surface area contributed by atoms with Crippen LogP contribution >= 0.6 is 11.6 Å². The van der Waals surface area contributed by atoms with Crippen molar-refractivity contribution >= 4 is 17.4 Å². The van der Waals surface area contributed by atoms with Crippen molar-refractivity contribution in [3.63, 3.8) is 0 Å². The number of rotatable bonds is 3. The number of aryl methyl sites for hydroxylation is 2. The third kappa shape index (κ3) is 3.41. The van der Waals surface area contributed by atoms with Gasteiger partial charge in [0.25, 0.3) is 0 Å². The fourth-order valence-corrected chi connectivity index (χ4v) is 2.02. The lowest BCUT2D eigenvalue weighted by atomic mass is 10.1. The minimum Gasteiger partial charge on any atom is -0.355 e. The summed E-state index contributed by atoms with van der Waals surface area (Å²) < 4.78 is 13.5. The number of hydrogen-bond donors (Lipinski definition) is 0. The Morgan fingerprint density at radius 2 is 1.95 bits per heavy atom. The van der Waals surface area contributed by atoms with Gasteiger partial charge in [-0.15, -0.1) is 0 Å². The highest BCUT2D eigenvalue weighted by atomic mass is 35.5. The molecule has 1 heterocycles. The molecule has 0 bridgehead atoms. The van der Waals surface area contributed by atoms with Crippen LogP contribution in [0.3, 0.4) is 0 Å². The zero-order valence-electron chi connectivity index (χ0n) is 11.1. The summed E-state index contributed by atoms with van der Waals surface area (Å²) in [6.07, 6.45) is 0. The van der Waals surface area contributed by atoms with Gasteiger partial charge in [-0.25, -0.2) is 14.4 Å². The van der Waals surface area contributed by atoms with Gasteiger partial charge in [-0.3, -0.25) is 0 Å². The van der Waals surface area contributed by atoms with Crippen LogP contribution in [0.5, 0.6) is 0 Å². The lowest BCUT2D eigenvalue weighted by Crippen LogP contribution is -2.18. The molecule has 0 saturated heterocycles. The maximum absolute atomic E-state index is 13.5. The third-order valence-corrected chi connectivity index (χ3v) is 3.03. The normalized spacial score (nSPS) is 10.6. The Kier molecular flexibility index (Phi) is 4.00. The van der Waals surface area contributed by atoms with Crippen LogP contribution in [0.25, 0.3) is 0 Å². The quantitative estimate of drug-likeness (QED) is 0.805. The number of halogens is 2. The van der Waals surface area contributed by atoms with E-state index in [1.807, 2.05) is 18.0 Å². The van der Waals surface area contributed by atoms with Gasteiger partial charge in [0.15, 0.2) is 0 Å². The molecule has 0 radical (unpaired) electrons. The lowest BCUT2D eigenvalue weighted by Gasteiger charge is -2.19. The van der Waals surface area contributed by atoms with Gasteiger partial charge in [0.2, 0.25) is 0 Å². The maximum Gasteiger partial charge on any atom is 0.134 e. The highest BCUT2D eigenvalue weighted by Crippen LogP contribution is 2.18. The molecule has 1 aromatic heterocycles. The Bertz CT molecular complexity index is 581. The van der Waals surface area contributed by atoms with E-state index in [4.69, 9.17) is 11.6 Å². The smallest absolute Gasteiger partial charge is 0.134 e. The number of nitrogens with zero attached hydrogens (tertiary/aromatic N) is 3. The SMILES string of the molecule is Cc1nc(Cl)cc(N(C)Cc2ccc(C)c(F)c2)n1. The van der Waals surface area contributed by atoms with E-state index in [9.17, 15) is 4.39 Å². The molecule has 2 rings (SSSR count). The summed E-state index contributed by atoms with van der Waals surface area (Å²) in [6, 6.07) is 6.92. The van der Waals surface area contributed by atoms with Crippen molar-refractivity contribution in [2.75, 3.05) is 11.9 Å². The van der Waals surface area contributed by atoms with Crippen LogP contribution in [0.15, 0.2) is 24.3 Å². The van der Waals surface area contributed by atoms with Gasteiger partial charge in [0.05, 0.1) is 0 Å². The van der Waals surface area contributed by atoms with Crippen molar-refractivity contribution < 1.29 is 4.39 Å². The van der Waals surface area contributed by atoms with E-state index in [1.165, 1.54) is 0 Å². The van der Waals surface area contributed by atoms with Gasteiger partial charge in [-0.1, -0.05) is 23.7 Å². The van der Waals surface area contributed by atoms with Crippen LogP contribution in [0.4, 0.5) is 10.2 Å². The van der Waals surface area contributed by atoms with Gasteiger partial charge in [0.1, 0.15) is 22.6 Å². The van der Waals surface area contributed by atoms with E-state index in [1.54, 1.807) is 32.0 Å². The van der Waals surface area contributed by atoms with Gasteiger partial charge < -0.3 is 4.90 Å². The molecule has 0 atom stereocenters. The molecular formula is C14H15ClFN3. The predicted octanol–water partition coefficient (Wildman–Crippen LogP) is 3.52. The second-order valence-electron chi connectivity index (χ2n) is 4.54. The topological polar surface area (TPSA) is 29.0 Å². The number of hydrogen-bond acceptors (Lipinski definition) is 3. The third-order valence-electron chi connectivity index (χ3n) is 2.84. The second kappa shape index (κ2) is 5.53. The van der Waals surface area contributed by atoms with Crippen LogP contribution in [0, 0.1) is 19.7 Å². The number of benzene rings is 1.